The highest BCUT2D eigenvalue weighted by atomic mass is 31.1. The van der Waals surface area contributed by atoms with Crippen molar-refractivity contribution in [3.8, 4) is 57.0 Å². The molecule has 0 spiro atoms. The molecule has 0 fully saturated rings. The molecule has 0 saturated heterocycles. The molecule has 0 unspecified atom stereocenters. The van der Waals surface area contributed by atoms with Crippen LogP contribution in [0.1, 0.15) is 148 Å². The second-order valence-corrected chi connectivity index (χ2v) is 23.4. The van der Waals surface area contributed by atoms with Crippen LogP contribution >= 0.6 is 8.25 Å². The third-order valence-corrected chi connectivity index (χ3v) is 16.6. The van der Waals surface area contributed by atoms with Crippen LogP contribution in [0.15, 0.2) is 167 Å². The third kappa shape index (κ3) is 20.1. The monoisotopic (exact) mass is 1360 g/mol. The number of carbonyl (C=O) groups excluding carboxylic acids is 8. The molecular weight excluding hydrogens is 1280 g/mol. The Kier molecular flexibility index (Phi) is 27.4. The van der Waals surface area contributed by atoms with Gasteiger partial charge in [-0.25, -0.2) is 18.6 Å². The summed E-state index contributed by atoms with van der Waals surface area (Å²) in [6.45, 7) is 11.0. The molecule has 6 amide bonds. The highest BCUT2D eigenvalue weighted by Gasteiger charge is 2.36. The number of unbranched alkanes of at least 4 members (excludes halogenated alkanes) is 4. The van der Waals surface area contributed by atoms with E-state index >= 15 is 0 Å². The smallest absolute Gasteiger partial charge is 0.494 e. The molecule has 4 heterocycles. The maximum Gasteiger partial charge on any atom is 0.805 e. The molecule has 0 aliphatic heterocycles. The van der Waals surface area contributed by atoms with Crippen LogP contribution in [0.5, 0.6) is 23.0 Å². The average molecular weight is 1360 g/mol. The molecule has 0 radical (unpaired) electrons. The molecule has 26 heteroatoms. The van der Waals surface area contributed by atoms with E-state index in [-0.39, 0.29) is 85.1 Å². The minimum Gasteiger partial charge on any atom is -0.494 e. The summed E-state index contributed by atoms with van der Waals surface area (Å²) in [6.07, 6.45) is 14.2. The first-order valence-electron chi connectivity index (χ1n) is 32.7. The van der Waals surface area contributed by atoms with Crippen molar-refractivity contribution in [2.75, 3.05) is 26.6 Å². The van der Waals surface area contributed by atoms with Gasteiger partial charge in [-0.05, 0) is 161 Å². The highest BCUT2D eigenvalue weighted by molar-refractivity contribution is 7.34. The van der Waals surface area contributed by atoms with Crippen molar-refractivity contribution in [2.45, 2.75) is 118 Å². The number of carbonyl (C=O) groups is 8. The predicted molar refractivity (Wildman–Crippen MR) is 362 cm³/mol. The highest BCUT2D eigenvalue weighted by Crippen LogP contribution is 2.39. The molecule has 0 bridgehead atoms. The van der Waals surface area contributed by atoms with Crippen molar-refractivity contribution < 1.29 is 80.0 Å². The normalized spacial score (nSPS) is 12.1. The van der Waals surface area contributed by atoms with Gasteiger partial charge in [-0.3, -0.25) is 28.8 Å². The summed E-state index contributed by atoms with van der Waals surface area (Å²) in [5.74, 6) is -4.53. The van der Waals surface area contributed by atoms with E-state index in [2.05, 4.69) is 21.3 Å². The van der Waals surface area contributed by atoms with Gasteiger partial charge in [0.15, 0.2) is 23.0 Å². The van der Waals surface area contributed by atoms with E-state index in [1.165, 1.54) is 48.5 Å². The molecule has 0 aliphatic carbocycles. The average Bonchev–Trinajstić information content (AvgIpc) is 1.30. The van der Waals surface area contributed by atoms with Gasteiger partial charge in [0.2, 0.25) is 24.6 Å². The van der Waals surface area contributed by atoms with Crippen molar-refractivity contribution in [2.24, 2.45) is 11.8 Å². The Morgan fingerprint density at radius 1 is 0.490 bits per heavy atom. The van der Waals surface area contributed by atoms with Crippen LogP contribution < -0.4 is 39.8 Å². The standard InChI is InChI=1S/C72H81N8O17P/c1-7-13-15-21-59(61(9-3)79(47-81)94-71(87)49-23-27-53(28-24-49)77-35-17-18-36-77)67(83)73-45-75-69(85)65-33-31-63(92-65)51-39-55(90-11-5)43-57(41-51)96-98(89)97-58-42-52(40-56(44-58)91-12-6)64-32-34-66(93-64)70(86)76-46-74-68(84)60(22-16-14-8-2)62(10-4)80(48-82)95-72(88)50-25-29-54(30-26-50)78-37-19-20-38-78/h17-20,23-44,47-48,59-62H,7-16,21-22,45-46H2,1-6H3,(H3-,73,74,75,76,83,84,85,86)/p+1/t59-,60-,61-,62-/m1/s1. The molecule has 4 aromatic heterocycles. The van der Waals surface area contributed by atoms with Gasteiger partial charge in [0.05, 0.1) is 61.6 Å². The fourth-order valence-electron chi connectivity index (χ4n) is 11.0. The Hall–Kier alpha value is -10.9. The van der Waals surface area contributed by atoms with E-state index in [0.29, 0.717) is 61.1 Å². The van der Waals surface area contributed by atoms with Gasteiger partial charge in [0.1, 0.15) is 23.0 Å². The van der Waals surface area contributed by atoms with Crippen molar-refractivity contribution in [3.05, 3.63) is 181 Å². The summed E-state index contributed by atoms with van der Waals surface area (Å²) in [7, 11) is -2.96. The number of benzene rings is 4. The molecule has 8 rings (SSSR count). The van der Waals surface area contributed by atoms with Crippen molar-refractivity contribution >= 4 is 56.6 Å². The largest absolute Gasteiger partial charge is 0.805 e. The lowest BCUT2D eigenvalue weighted by atomic mass is 9.90. The van der Waals surface area contributed by atoms with Crippen LogP contribution in [0.3, 0.4) is 0 Å². The van der Waals surface area contributed by atoms with Gasteiger partial charge >= 0.3 is 20.2 Å². The molecule has 516 valence electrons. The van der Waals surface area contributed by atoms with Gasteiger partial charge in [-0.15, -0.1) is 0 Å². The van der Waals surface area contributed by atoms with Crippen LogP contribution in [0, 0.1) is 11.8 Å². The topological polar surface area (TPSA) is 300 Å². The number of aromatic nitrogens is 2. The molecular formula is C72H82N8O17P+. The molecule has 4 aromatic carbocycles. The van der Waals surface area contributed by atoms with E-state index in [0.717, 1.165) is 47.2 Å². The van der Waals surface area contributed by atoms with E-state index in [4.69, 9.17) is 37.0 Å². The maximum atomic E-state index is 13.9. The second-order valence-electron chi connectivity index (χ2n) is 22.6. The molecule has 8 aromatic rings. The molecule has 4 N–H and O–H groups in total. The van der Waals surface area contributed by atoms with Crippen LogP contribution in [0.25, 0.3) is 34.0 Å². The lowest BCUT2D eigenvalue weighted by molar-refractivity contribution is -0.171. The SMILES string of the molecule is CCCCC[C@@H](C(=O)NCNC(=O)c1ccc(-c2cc(OCC)cc(O[P+](=O)Oc3cc(OCC)cc(-c4ccc(C(=O)NCNC(=O)[C@H](CCCCC)[C@@H](CC)N(C=O)OC(=O)c5ccc(-n6cccc6)cc5)o4)c3)c2)o1)[C@@H](CC)N(C=O)OC(=O)c1ccc(-n2cccc2)cc1. The maximum absolute atomic E-state index is 13.9. The van der Waals surface area contributed by atoms with E-state index < -0.39 is 67.7 Å². The Labute approximate surface area is 568 Å². The van der Waals surface area contributed by atoms with Crippen LogP contribution in [0.2, 0.25) is 0 Å². The van der Waals surface area contributed by atoms with Gasteiger partial charge in [-0.2, -0.15) is 10.1 Å². The molecule has 0 saturated carbocycles. The number of nitrogens with one attached hydrogen (secondary N) is 4. The van der Waals surface area contributed by atoms with Gasteiger partial charge in [0, 0.05) is 64.0 Å². The first-order chi connectivity index (χ1) is 47.6. The summed E-state index contributed by atoms with van der Waals surface area (Å²) in [5.41, 5.74) is 2.82. The summed E-state index contributed by atoms with van der Waals surface area (Å²) < 4.78 is 52.7. The molecule has 25 nitrogen and oxygen atoms in total. The fourth-order valence-corrected chi connectivity index (χ4v) is 11.6. The zero-order chi connectivity index (χ0) is 69.9. The molecule has 98 heavy (non-hydrogen) atoms. The van der Waals surface area contributed by atoms with Crippen LogP contribution in [-0.2, 0) is 33.4 Å². The summed E-state index contributed by atoms with van der Waals surface area (Å²) in [4.78, 5) is 118. The summed E-state index contributed by atoms with van der Waals surface area (Å²) in [5, 5.41) is 12.6. The number of hydrogen-bond acceptors (Lipinski definition) is 17. The molecule has 4 atom stereocenters. The Morgan fingerprint density at radius 2 is 0.867 bits per heavy atom. The third-order valence-electron chi connectivity index (χ3n) is 15.9. The van der Waals surface area contributed by atoms with E-state index in [9.17, 15) is 42.9 Å². The quantitative estimate of drug-likeness (QED) is 0.00912. The summed E-state index contributed by atoms with van der Waals surface area (Å²) in [6, 6.07) is 34.4. The fraction of sp³-hybridized carbons (Fsp3) is 0.333. The number of rotatable bonds is 40. The number of hydrogen-bond donors (Lipinski definition) is 4. The van der Waals surface area contributed by atoms with E-state index in [1.807, 2.05) is 72.0 Å². The van der Waals surface area contributed by atoms with Crippen LogP contribution in [0.4, 0.5) is 0 Å². The van der Waals surface area contributed by atoms with Gasteiger partial charge < -0.3 is 58.4 Å². The van der Waals surface area contributed by atoms with Crippen LogP contribution in [-0.4, -0.2) is 106 Å². The Morgan fingerprint density at radius 3 is 1.21 bits per heavy atom. The number of nitrogens with zero attached hydrogens (tertiary/aromatic N) is 4. The molecule has 0 aliphatic rings. The van der Waals surface area contributed by atoms with Crippen molar-refractivity contribution in [1.82, 2.24) is 40.5 Å². The lowest BCUT2D eigenvalue weighted by Crippen LogP contribution is -2.49. The number of furan rings is 2. The lowest BCUT2D eigenvalue weighted by Gasteiger charge is -2.31. The summed E-state index contributed by atoms with van der Waals surface area (Å²) >= 11 is 0. The minimum absolute atomic E-state index is 0.0489. The number of hydroxylamine groups is 4. The first kappa shape index (κ1) is 72.9. The number of ether oxygens (including phenoxy) is 2. The zero-order valence-corrected chi connectivity index (χ0v) is 56.4. The van der Waals surface area contributed by atoms with Gasteiger partial charge in [-0.1, -0.05) is 66.2 Å². The van der Waals surface area contributed by atoms with Crippen molar-refractivity contribution in [3.63, 3.8) is 0 Å². The predicted octanol–water partition coefficient (Wildman–Crippen LogP) is 12.7. The zero-order valence-electron chi connectivity index (χ0n) is 55.6. The second kappa shape index (κ2) is 36.8. The Bertz CT molecular complexity index is 3690. The van der Waals surface area contributed by atoms with Crippen molar-refractivity contribution in [1.29, 1.82) is 0 Å². The van der Waals surface area contributed by atoms with E-state index in [1.54, 1.807) is 88.4 Å². The van der Waals surface area contributed by atoms with Gasteiger partial charge in [0.25, 0.3) is 11.8 Å². The minimum atomic E-state index is -2.96. The Balaban J connectivity index is 0.859. The first-order valence-corrected chi connectivity index (χ1v) is 33.8. The number of amides is 6.